The number of benzene rings is 1. The summed E-state index contributed by atoms with van der Waals surface area (Å²) in [6, 6.07) is 8.25. The molecule has 1 amide bonds. The molecule has 0 bridgehead atoms. The molecule has 6 nitrogen and oxygen atoms in total. The molecular weight excluding hydrogens is 292 g/mol. The van der Waals surface area contributed by atoms with Gasteiger partial charge in [-0.3, -0.25) is 4.79 Å². The highest BCUT2D eigenvalue weighted by Gasteiger charge is 2.19. The van der Waals surface area contributed by atoms with Gasteiger partial charge in [-0.15, -0.1) is 0 Å². The van der Waals surface area contributed by atoms with E-state index >= 15 is 0 Å². The zero-order chi connectivity index (χ0) is 16.1. The Labute approximate surface area is 135 Å². The summed E-state index contributed by atoms with van der Waals surface area (Å²) in [7, 11) is 0. The second-order valence-corrected chi connectivity index (χ2v) is 5.54. The summed E-state index contributed by atoms with van der Waals surface area (Å²) in [6.07, 6.45) is 3.15. The van der Waals surface area contributed by atoms with Crippen molar-refractivity contribution < 1.29 is 9.53 Å². The molecule has 0 spiro atoms. The summed E-state index contributed by atoms with van der Waals surface area (Å²) >= 11 is 0. The molecule has 23 heavy (non-hydrogen) atoms. The lowest BCUT2D eigenvalue weighted by molar-refractivity contribution is 0.0302. The molecule has 0 saturated carbocycles. The molecule has 1 saturated heterocycles. The summed E-state index contributed by atoms with van der Waals surface area (Å²) in [5.74, 6) is 0.476. The van der Waals surface area contributed by atoms with Crippen LogP contribution in [0.2, 0.25) is 0 Å². The first kappa shape index (κ1) is 15.4. The second kappa shape index (κ2) is 7.19. The third-order valence-corrected chi connectivity index (χ3v) is 3.73. The van der Waals surface area contributed by atoms with Crippen LogP contribution in [0, 0.1) is 6.92 Å². The first-order chi connectivity index (χ1) is 11.2. The van der Waals surface area contributed by atoms with Gasteiger partial charge in [-0.25, -0.2) is 9.97 Å². The molecule has 1 aromatic heterocycles. The van der Waals surface area contributed by atoms with E-state index < -0.39 is 0 Å². The highest BCUT2D eigenvalue weighted by Crippen LogP contribution is 2.09. The van der Waals surface area contributed by atoms with E-state index in [1.54, 1.807) is 17.3 Å². The van der Waals surface area contributed by atoms with Crippen LogP contribution in [0.4, 0.5) is 5.95 Å². The van der Waals surface area contributed by atoms with Gasteiger partial charge in [0.2, 0.25) is 5.95 Å². The van der Waals surface area contributed by atoms with E-state index in [0.717, 1.165) is 0 Å². The van der Waals surface area contributed by atoms with Gasteiger partial charge >= 0.3 is 0 Å². The Morgan fingerprint density at radius 3 is 2.70 bits per heavy atom. The van der Waals surface area contributed by atoms with Crippen LogP contribution in [-0.4, -0.2) is 47.1 Å². The van der Waals surface area contributed by atoms with Crippen molar-refractivity contribution in [2.45, 2.75) is 13.5 Å². The summed E-state index contributed by atoms with van der Waals surface area (Å²) in [6.45, 7) is 5.12. The molecule has 0 radical (unpaired) electrons. The van der Waals surface area contributed by atoms with Gasteiger partial charge in [0.05, 0.1) is 18.8 Å². The lowest BCUT2D eigenvalue weighted by Gasteiger charge is -2.26. The van der Waals surface area contributed by atoms with Crippen molar-refractivity contribution in [1.29, 1.82) is 0 Å². The van der Waals surface area contributed by atoms with Crippen LogP contribution >= 0.6 is 0 Å². The molecule has 0 unspecified atom stereocenters. The lowest BCUT2D eigenvalue weighted by atomic mass is 10.1. The number of nitrogens with one attached hydrogen (secondary N) is 1. The lowest BCUT2D eigenvalue weighted by Crippen LogP contribution is -2.40. The smallest absolute Gasteiger partial charge is 0.257 e. The highest BCUT2D eigenvalue weighted by molar-refractivity contribution is 5.93. The number of ether oxygens (including phenoxy) is 1. The molecule has 1 fully saturated rings. The Kier molecular flexibility index (Phi) is 4.83. The number of amides is 1. The maximum absolute atomic E-state index is 12.3. The van der Waals surface area contributed by atoms with E-state index in [1.165, 1.54) is 11.1 Å². The number of anilines is 1. The molecule has 120 valence electrons. The molecule has 1 N–H and O–H groups in total. The van der Waals surface area contributed by atoms with E-state index in [-0.39, 0.29) is 5.91 Å². The molecular formula is C17H20N4O2. The zero-order valence-corrected chi connectivity index (χ0v) is 13.2. The van der Waals surface area contributed by atoms with Crippen molar-refractivity contribution in [3.8, 4) is 0 Å². The Bertz CT molecular complexity index is 667. The third kappa shape index (κ3) is 4.04. The zero-order valence-electron chi connectivity index (χ0n) is 13.2. The number of carbonyl (C=O) groups excluding carboxylic acids is 1. The molecule has 0 atom stereocenters. The van der Waals surface area contributed by atoms with Gasteiger partial charge in [-0.05, 0) is 12.5 Å². The van der Waals surface area contributed by atoms with Gasteiger partial charge < -0.3 is 15.0 Å². The quantitative estimate of drug-likeness (QED) is 0.933. The summed E-state index contributed by atoms with van der Waals surface area (Å²) < 4.78 is 5.25. The van der Waals surface area contributed by atoms with Crippen molar-refractivity contribution in [2.24, 2.45) is 0 Å². The number of aromatic nitrogens is 2. The molecule has 2 aromatic rings. The SMILES string of the molecule is Cc1cccc(CNc2ncc(C(=O)N3CCOCC3)cn2)c1. The largest absolute Gasteiger partial charge is 0.378 e. The van der Waals surface area contributed by atoms with Crippen LogP contribution in [0.3, 0.4) is 0 Å². The van der Waals surface area contributed by atoms with Crippen LogP contribution in [0.1, 0.15) is 21.5 Å². The van der Waals surface area contributed by atoms with Crippen molar-refractivity contribution >= 4 is 11.9 Å². The van der Waals surface area contributed by atoms with Gasteiger partial charge in [0.1, 0.15) is 0 Å². The van der Waals surface area contributed by atoms with Crippen molar-refractivity contribution in [3.63, 3.8) is 0 Å². The monoisotopic (exact) mass is 312 g/mol. The van der Waals surface area contributed by atoms with Gasteiger partial charge in [-0.2, -0.15) is 0 Å². The Balaban J connectivity index is 1.59. The summed E-state index contributed by atoms with van der Waals surface area (Å²) in [5.41, 5.74) is 2.90. The van der Waals surface area contributed by atoms with E-state index in [2.05, 4.69) is 40.4 Å². The van der Waals surface area contributed by atoms with E-state index in [1.807, 2.05) is 6.07 Å². The Morgan fingerprint density at radius 1 is 1.26 bits per heavy atom. The Hall–Kier alpha value is -2.47. The fourth-order valence-corrected chi connectivity index (χ4v) is 2.48. The predicted octanol–water partition coefficient (Wildman–Crippen LogP) is 1.87. The molecule has 1 aromatic carbocycles. The topological polar surface area (TPSA) is 67.4 Å². The first-order valence-corrected chi connectivity index (χ1v) is 7.71. The number of hydrogen-bond donors (Lipinski definition) is 1. The van der Waals surface area contributed by atoms with E-state index in [0.29, 0.717) is 44.4 Å². The standard InChI is InChI=1S/C17H20N4O2/c1-13-3-2-4-14(9-13)10-18-17-19-11-15(12-20-17)16(22)21-5-7-23-8-6-21/h2-4,9,11-12H,5-8,10H2,1H3,(H,18,19,20). The molecule has 0 aliphatic carbocycles. The van der Waals surface area contributed by atoms with Crippen LogP contribution in [0.25, 0.3) is 0 Å². The first-order valence-electron chi connectivity index (χ1n) is 7.71. The second-order valence-electron chi connectivity index (χ2n) is 5.54. The van der Waals surface area contributed by atoms with Crippen molar-refractivity contribution in [1.82, 2.24) is 14.9 Å². The maximum Gasteiger partial charge on any atom is 0.257 e. The minimum atomic E-state index is -0.0430. The fraction of sp³-hybridized carbons (Fsp3) is 0.353. The maximum atomic E-state index is 12.3. The molecule has 6 heteroatoms. The van der Waals surface area contributed by atoms with E-state index in [4.69, 9.17) is 4.74 Å². The van der Waals surface area contributed by atoms with Crippen molar-refractivity contribution in [3.05, 3.63) is 53.3 Å². The minimum Gasteiger partial charge on any atom is -0.378 e. The van der Waals surface area contributed by atoms with Gasteiger partial charge in [0, 0.05) is 32.0 Å². The Morgan fingerprint density at radius 2 is 2.00 bits per heavy atom. The number of morpholine rings is 1. The summed E-state index contributed by atoms with van der Waals surface area (Å²) in [5, 5.41) is 3.17. The van der Waals surface area contributed by atoms with Gasteiger partial charge in [-0.1, -0.05) is 29.8 Å². The highest BCUT2D eigenvalue weighted by atomic mass is 16.5. The number of carbonyl (C=O) groups is 1. The van der Waals surface area contributed by atoms with Crippen LogP contribution in [0.15, 0.2) is 36.7 Å². The number of rotatable bonds is 4. The fourth-order valence-electron chi connectivity index (χ4n) is 2.48. The van der Waals surface area contributed by atoms with Crippen LogP contribution in [-0.2, 0) is 11.3 Å². The number of nitrogens with zero attached hydrogens (tertiary/aromatic N) is 3. The van der Waals surface area contributed by atoms with Gasteiger partial charge in [0.25, 0.3) is 5.91 Å². The molecule has 2 heterocycles. The number of hydrogen-bond acceptors (Lipinski definition) is 5. The van der Waals surface area contributed by atoms with Gasteiger partial charge in [0.15, 0.2) is 0 Å². The van der Waals surface area contributed by atoms with E-state index in [9.17, 15) is 4.79 Å². The third-order valence-electron chi connectivity index (χ3n) is 3.73. The summed E-state index contributed by atoms with van der Waals surface area (Å²) in [4.78, 5) is 22.5. The molecule has 3 rings (SSSR count). The average Bonchev–Trinajstić information content (AvgIpc) is 2.61. The minimum absolute atomic E-state index is 0.0430. The number of aryl methyl sites for hydroxylation is 1. The predicted molar refractivity (Wildman–Crippen MR) is 87.3 cm³/mol. The van der Waals surface area contributed by atoms with Crippen molar-refractivity contribution in [2.75, 3.05) is 31.6 Å². The molecule has 1 aliphatic heterocycles. The van der Waals surface area contributed by atoms with Crippen LogP contribution in [0.5, 0.6) is 0 Å². The van der Waals surface area contributed by atoms with Crippen LogP contribution < -0.4 is 5.32 Å². The average molecular weight is 312 g/mol. The molecule has 1 aliphatic rings. The normalized spacial score (nSPS) is 14.6.